The van der Waals surface area contributed by atoms with Gasteiger partial charge in [0.05, 0.1) is 17.3 Å². The number of carbonyl (C=O) groups is 1. The van der Waals surface area contributed by atoms with Gasteiger partial charge in [-0.3, -0.25) is 4.79 Å². The van der Waals surface area contributed by atoms with E-state index in [-0.39, 0.29) is 12.0 Å². The van der Waals surface area contributed by atoms with E-state index in [1.54, 1.807) is 0 Å². The van der Waals surface area contributed by atoms with Crippen molar-refractivity contribution in [3.8, 4) is 11.3 Å². The van der Waals surface area contributed by atoms with Gasteiger partial charge in [0.25, 0.3) is 0 Å². The lowest BCUT2D eigenvalue weighted by molar-refractivity contribution is -0.133. The second-order valence-electron chi connectivity index (χ2n) is 8.27. The van der Waals surface area contributed by atoms with Crippen molar-refractivity contribution in [2.24, 2.45) is 0 Å². The third-order valence-electron chi connectivity index (χ3n) is 5.91. The summed E-state index contributed by atoms with van der Waals surface area (Å²) in [5, 5.41) is 1.11. The zero-order valence-corrected chi connectivity index (χ0v) is 18.1. The van der Waals surface area contributed by atoms with Gasteiger partial charge >= 0.3 is 0 Å². The highest BCUT2D eigenvalue weighted by atomic mass is 16.5. The number of nitrogens with zero attached hydrogens (tertiary/aromatic N) is 2. The van der Waals surface area contributed by atoms with Crippen LogP contribution in [0.5, 0.6) is 0 Å². The lowest BCUT2D eigenvalue weighted by Gasteiger charge is -2.26. The van der Waals surface area contributed by atoms with E-state index in [1.165, 1.54) is 11.1 Å². The zero-order chi connectivity index (χ0) is 21.1. The minimum Gasteiger partial charge on any atom is -0.376 e. The van der Waals surface area contributed by atoms with Crippen molar-refractivity contribution in [3.05, 3.63) is 65.2 Å². The summed E-state index contributed by atoms with van der Waals surface area (Å²) in [6.45, 7) is 8.12. The van der Waals surface area contributed by atoms with Gasteiger partial charge in [0, 0.05) is 37.1 Å². The van der Waals surface area contributed by atoms with Gasteiger partial charge in [0.1, 0.15) is 0 Å². The van der Waals surface area contributed by atoms with E-state index in [0.717, 1.165) is 47.2 Å². The van der Waals surface area contributed by atoms with Crippen molar-refractivity contribution in [2.75, 3.05) is 13.2 Å². The first-order valence-corrected chi connectivity index (χ1v) is 10.9. The molecule has 4 heteroatoms. The van der Waals surface area contributed by atoms with E-state index in [1.807, 2.05) is 17.9 Å². The molecular formula is C26H30N2O2. The van der Waals surface area contributed by atoms with Crippen LogP contribution in [0.1, 0.15) is 42.9 Å². The second-order valence-corrected chi connectivity index (χ2v) is 8.27. The Bertz CT molecular complexity index is 1050. The van der Waals surface area contributed by atoms with Crippen LogP contribution in [0.25, 0.3) is 22.2 Å². The summed E-state index contributed by atoms with van der Waals surface area (Å²) in [4.78, 5) is 19.8. The number of ether oxygens (including phenoxy) is 1. The predicted octanol–water partition coefficient (Wildman–Crippen LogP) is 5.44. The maximum absolute atomic E-state index is 12.8. The van der Waals surface area contributed by atoms with E-state index < -0.39 is 0 Å². The molecule has 1 fully saturated rings. The zero-order valence-electron chi connectivity index (χ0n) is 18.1. The fourth-order valence-electron chi connectivity index (χ4n) is 4.25. The monoisotopic (exact) mass is 402 g/mol. The highest BCUT2D eigenvalue weighted by molar-refractivity contribution is 5.85. The van der Waals surface area contributed by atoms with Gasteiger partial charge in [0.2, 0.25) is 5.91 Å². The van der Waals surface area contributed by atoms with Crippen LogP contribution in [0, 0.1) is 13.8 Å². The molecule has 2 aromatic carbocycles. The Morgan fingerprint density at radius 3 is 2.73 bits per heavy atom. The lowest BCUT2D eigenvalue weighted by atomic mass is 9.98. The van der Waals surface area contributed by atoms with Crippen molar-refractivity contribution < 1.29 is 9.53 Å². The van der Waals surface area contributed by atoms with Crippen LogP contribution >= 0.6 is 0 Å². The number of hydrogen-bond acceptors (Lipinski definition) is 3. The number of aromatic nitrogens is 1. The van der Waals surface area contributed by atoms with Crippen LogP contribution in [0.15, 0.2) is 48.5 Å². The maximum Gasteiger partial charge on any atom is 0.222 e. The SMILES string of the molecule is CCC(=O)N(Cc1cc2cc(C)ccc2nc1-c1ccccc1C)C[C@@H]1CCCO1. The Morgan fingerprint density at radius 1 is 1.17 bits per heavy atom. The van der Waals surface area contributed by atoms with Crippen LogP contribution in [0.3, 0.4) is 0 Å². The number of benzene rings is 2. The quantitative estimate of drug-likeness (QED) is 0.552. The van der Waals surface area contributed by atoms with Gasteiger partial charge < -0.3 is 9.64 Å². The van der Waals surface area contributed by atoms with Gasteiger partial charge in [-0.15, -0.1) is 0 Å². The van der Waals surface area contributed by atoms with E-state index in [2.05, 4.69) is 56.3 Å². The second kappa shape index (κ2) is 8.97. The van der Waals surface area contributed by atoms with Crippen molar-refractivity contribution in [1.29, 1.82) is 0 Å². The molecule has 0 bridgehead atoms. The summed E-state index contributed by atoms with van der Waals surface area (Å²) in [5.74, 6) is 0.158. The lowest BCUT2D eigenvalue weighted by Crippen LogP contribution is -2.36. The average molecular weight is 403 g/mol. The van der Waals surface area contributed by atoms with Gasteiger partial charge in [-0.1, -0.05) is 42.8 Å². The molecule has 2 heterocycles. The molecule has 1 aliphatic rings. The van der Waals surface area contributed by atoms with Crippen LogP contribution in [0.2, 0.25) is 0 Å². The van der Waals surface area contributed by atoms with E-state index in [9.17, 15) is 4.79 Å². The van der Waals surface area contributed by atoms with Crippen molar-refractivity contribution in [1.82, 2.24) is 9.88 Å². The largest absolute Gasteiger partial charge is 0.376 e. The Hall–Kier alpha value is -2.72. The smallest absolute Gasteiger partial charge is 0.222 e. The van der Waals surface area contributed by atoms with Gasteiger partial charge in [-0.2, -0.15) is 0 Å². The normalized spacial score (nSPS) is 16.2. The summed E-state index contributed by atoms with van der Waals surface area (Å²) in [7, 11) is 0. The maximum atomic E-state index is 12.8. The standard InChI is InChI=1S/C26H30N2O2/c1-4-25(29)28(17-22-9-7-13-30-22)16-21-15-20-14-18(2)11-12-24(20)27-26(21)23-10-6-5-8-19(23)3/h5-6,8,10-12,14-15,22H,4,7,9,13,16-17H2,1-3H3/t22-/m0/s1. The molecule has 4 nitrogen and oxygen atoms in total. The molecule has 0 aliphatic carbocycles. The molecule has 1 saturated heterocycles. The summed E-state index contributed by atoms with van der Waals surface area (Å²) < 4.78 is 5.83. The van der Waals surface area contributed by atoms with Gasteiger partial charge in [-0.25, -0.2) is 4.98 Å². The first-order valence-electron chi connectivity index (χ1n) is 10.9. The van der Waals surface area contributed by atoms with Crippen LogP contribution < -0.4 is 0 Å². The highest BCUT2D eigenvalue weighted by Crippen LogP contribution is 2.30. The van der Waals surface area contributed by atoms with Crippen LogP contribution in [-0.2, 0) is 16.1 Å². The number of aryl methyl sites for hydroxylation is 2. The fraction of sp³-hybridized carbons (Fsp3) is 0.385. The third-order valence-corrected chi connectivity index (χ3v) is 5.91. The molecule has 1 aromatic heterocycles. The molecule has 3 aromatic rings. The summed E-state index contributed by atoms with van der Waals surface area (Å²) in [6, 6.07) is 16.9. The minimum atomic E-state index is 0.137. The van der Waals surface area contributed by atoms with E-state index in [0.29, 0.717) is 19.5 Å². The topological polar surface area (TPSA) is 42.4 Å². The summed E-state index contributed by atoms with van der Waals surface area (Å²) in [6.07, 6.45) is 2.72. The molecule has 1 aliphatic heterocycles. The number of pyridine rings is 1. The van der Waals surface area contributed by atoms with Gasteiger partial charge in [0.15, 0.2) is 0 Å². The Labute approximate surface area is 178 Å². The first-order chi connectivity index (χ1) is 14.5. The molecule has 1 amide bonds. The summed E-state index contributed by atoms with van der Waals surface area (Å²) >= 11 is 0. The molecule has 0 radical (unpaired) electrons. The molecule has 1 atom stereocenters. The molecule has 0 unspecified atom stereocenters. The predicted molar refractivity (Wildman–Crippen MR) is 121 cm³/mol. The van der Waals surface area contributed by atoms with Crippen molar-refractivity contribution in [2.45, 2.75) is 52.7 Å². The van der Waals surface area contributed by atoms with Crippen molar-refractivity contribution in [3.63, 3.8) is 0 Å². The Morgan fingerprint density at radius 2 is 2.00 bits per heavy atom. The number of fused-ring (bicyclic) bond motifs is 1. The molecule has 0 saturated carbocycles. The van der Waals surface area contributed by atoms with Gasteiger partial charge in [-0.05, 0) is 56.0 Å². The van der Waals surface area contributed by atoms with E-state index in [4.69, 9.17) is 9.72 Å². The van der Waals surface area contributed by atoms with Crippen LogP contribution in [-0.4, -0.2) is 35.0 Å². The van der Waals surface area contributed by atoms with Crippen LogP contribution in [0.4, 0.5) is 0 Å². The Kier molecular flexibility index (Phi) is 6.14. The average Bonchev–Trinajstić information content (AvgIpc) is 3.26. The number of hydrogen-bond donors (Lipinski definition) is 0. The molecular weight excluding hydrogens is 372 g/mol. The third kappa shape index (κ3) is 4.39. The minimum absolute atomic E-state index is 0.137. The summed E-state index contributed by atoms with van der Waals surface area (Å²) in [5.41, 5.74) is 6.55. The number of carbonyl (C=O) groups excluding carboxylic acids is 1. The highest BCUT2D eigenvalue weighted by Gasteiger charge is 2.23. The molecule has 30 heavy (non-hydrogen) atoms. The number of amides is 1. The number of rotatable bonds is 6. The molecule has 0 spiro atoms. The molecule has 4 rings (SSSR count). The Balaban J connectivity index is 1.79. The molecule has 156 valence electrons. The molecule has 0 N–H and O–H groups in total. The first kappa shape index (κ1) is 20.5. The van der Waals surface area contributed by atoms with E-state index >= 15 is 0 Å². The fourth-order valence-corrected chi connectivity index (χ4v) is 4.25. The van der Waals surface area contributed by atoms with Crippen molar-refractivity contribution >= 4 is 16.8 Å².